The Morgan fingerprint density at radius 3 is 2.19 bits per heavy atom. The van der Waals surface area contributed by atoms with E-state index in [4.69, 9.17) is 0 Å². The number of carboxylic acid groups (broad SMARTS) is 1. The van der Waals surface area contributed by atoms with E-state index in [0.29, 0.717) is 41.5 Å². The minimum Gasteiger partial charge on any atom is -0.481 e. The highest BCUT2D eigenvalue weighted by Gasteiger charge is 2.45. The Morgan fingerprint density at radius 2 is 1.62 bits per heavy atom. The maximum absolute atomic E-state index is 13.2. The van der Waals surface area contributed by atoms with Crippen molar-refractivity contribution in [3.8, 4) is 0 Å². The monoisotopic (exact) mass is 427 g/mol. The number of anilines is 1. The van der Waals surface area contributed by atoms with Gasteiger partial charge in [-0.1, -0.05) is 49.7 Å². The maximum atomic E-state index is 13.2. The highest BCUT2D eigenvalue weighted by molar-refractivity contribution is 6.35. The van der Waals surface area contributed by atoms with Gasteiger partial charge in [0, 0.05) is 16.5 Å². The van der Waals surface area contributed by atoms with E-state index in [9.17, 15) is 19.5 Å². The highest BCUT2D eigenvalue weighted by Crippen LogP contribution is 2.49. The number of benzene rings is 3. The fourth-order valence-corrected chi connectivity index (χ4v) is 5.58. The Hall–Kier alpha value is -3.47. The number of carboxylic acids is 1. The zero-order valence-corrected chi connectivity index (χ0v) is 18.0. The molecule has 1 saturated carbocycles. The summed E-state index contributed by atoms with van der Waals surface area (Å²) in [6, 6.07) is 18.5. The van der Waals surface area contributed by atoms with Crippen molar-refractivity contribution < 1.29 is 19.5 Å². The van der Waals surface area contributed by atoms with Gasteiger partial charge in [0.25, 0.3) is 11.8 Å². The molecule has 0 aromatic heterocycles. The summed E-state index contributed by atoms with van der Waals surface area (Å²) >= 11 is 0. The van der Waals surface area contributed by atoms with Gasteiger partial charge in [0.05, 0.1) is 11.1 Å². The third-order valence-electron chi connectivity index (χ3n) is 7.19. The summed E-state index contributed by atoms with van der Waals surface area (Å²) < 4.78 is 0. The van der Waals surface area contributed by atoms with E-state index in [-0.39, 0.29) is 17.7 Å². The first-order valence-corrected chi connectivity index (χ1v) is 11.2. The van der Waals surface area contributed by atoms with Crippen LogP contribution in [0.5, 0.6) is 0 Å². The summed E-state index contributed by atoms with van der Waals surface area (Å²) in [7, 11) is 0. The molecule has 2 aliphatic rings. The lowest BCUT2D eigenvalue weighted by atomic mass is 9.80. The molecule has 0 bridgehead atoms. The summed E-state index contributed by atoms with van der Waals surface area (Å²) in [6.45, 7) is 2.03. The Balaban J connectivity index is 1.45. The van der Waals surface area contributed by atoms with Gasteiger partial charge >= 0.3 is 5.97 Å². The maximum Gasteiger partial charge on any atom is 0.309 e. The lowest BCUT2D eigenvalue weighted by Crippen LogP contribution is -2.40. The Labute approximate surface area is 186 Å². The molecule has 5 rings (SSSR count). The van der Waals surface area contributed by atoms with Crippen molar-refractivity contribution in [2.45, 2.75) is 44.9 Å². The fraction of sp³-hybridized carbons (Fsp3) is 0.296. The van der Waals surface area contributed by atoms with Crippen molar-refractivity contribution in [2.24, 2.45) is 5.41 Å². The number of amides is 2. The summed E-state index contributed by atoms with van der Waals surface area (Å²) in [5.74, 6) is -1.16. The molecule has 1 aliphatic carbocycles. The second-order valence-corrected chi connectivity index (χ2v) is 9.02. The molecular weight excluding hydrogens is 402 g/mol. The number of nitrogens with zero attached hydrogens (tertiary/aromatic N) is 1. The first-order valence-electron chi connectivity index (χ1n) is 11.2. The van der Waals surface area contributed by atoms with Gasteiger partial charge in [-0.3, -0.25) is 14.4 Å². The zero-order valence-electron chi connectivity index (χ0n) is 18.0. The van der Waals surface area contributed by atoms with E-state index < -0.39 is 11.4 Å². The fourth-order valence-electron chi connectivity index (χ4n) is 5.58. The lowest BCUT2D eigenvalue weighted by Gasteiger charge is -2.27. The van der Waals surface area contributed by atoms with Crippen LogP contribution in [0, 0.1) is 5.41 Å². The van der Waals surface area contributed by atoms with E-state index in [1.807, 2.05) is 43.3 Å². The van der Waals surface area contributed by atoms with Crippen molar-refractivity contribution in [1.29, 1.82) is 0 Å². The molecular formula is C27H25NO4. The van der Waals surface area contributed by atoms with Crippen molar-refractivity contribution >= 4 is 34.2 Å². The predicted molar refractivity (Wildman–Crippen MR) is 123 cm³/mol. The molecule has 0 saturated heterocycles. The second kappa shape index (κ2) is 7.59. The standard InChI is InChI=1S/C27H25NO4/c1-2-14-27(26(31)32)15-13-19(16-27)17-9-11-20(12-10-17)28-24(29)21-7-3-5-18-6-4-8-22(23(18)21)25(28)30/h3-12,19H,2,13-16H2,1H3,(H,31,32). The zero-order chi connectivity index (χ0) is 22.5. The number of hydrogen-bond acceptors (Lipinski definition) is 3. The van der Waals surface area contributed by atoms with Gasteiger partial charge in [-0.25, -0.2) is 4.90 Å². The highest BCUT2D eigenvalue weighted by atomic mass is 16.4. The molecule has 32 heavy (non-hydrogen) atoms. The average molecular weight is 428 g/mol. The predicted octanol–water partition coefficient (Wildman–Crippen LogP) is 5.78. The molecule has 0 spiro atoms. The van der Waals surface area contributed by atoms with Gasteiger partial charge in [0.1, 0.15) is 0 Å². The number of hydrogen-bond donors (Lipinski definition) is 1. The molecule has 0 radical (unpaired) electrons. The molecule has 2 unspecified atom stereocenters. The van der Waals surface area contributed by atoms with Crippen LogP contribution in [0.25, 0.3) is 10.8 Å². The smallest absolute Gasteiger partial charge is 0.309 e. The number of aliphatic carboxylic acids is 1. The summed E-state index contributed by atoms with van der Waals surface area (Å²) in [5.41, 5.74) is 2.02. The van der Waals surface area contributed by atoms with Gasteiger partial charge in [0.2, 0.25) is 0 Å². The van der Waals surface area contributed by atoms with Crippen molar-refractivity contribution in [2.75, 3.05) is 4.90 Å². The first kappa shape index (κ1) is 20.4. The van der Waals surface area contributed by atoms with Gasteiger partial charge in [-0.15, -0.1) is 0 Å². The molecule has 1 aliphatic heterocycles. The molecule has 162 valence electrons. The van der Waals surface area contributed by atoms with Gasteiger partial charge < -0.3 is 5.11 Å². The molecule has 5 nitrogen and oxygen atoms in total. The van der Waals surface area contributed by atoms with E-state index >= 15 is 0 Å². The third-order valence-corrected chi connectivity index (χ3v) is 7.19. The van der Waals surface area contributed by atoms with Crippen LogP contribution in [-0.2, 0) is 4.79 Å². The van der Waals surface area contributed by atoms with E-state index in [2.05, 4.69) is 0 Å². The average Bonchev–Trinajstić information content (AvgIpc) is 3.24. The molecule has 5 heteroatoms. The summed E-state index contributed by atoms with van der Waals surface area (Å²) in [4.78, 5) is 39.6. The van der Waals surface area contributed by atoms with Crippen LogP contribution in [0.3, 0.4) is 0 Å². The minimum absolute atomic E-state index is 0.175. The van der Waals surface area contributed by atoms with Crippen LogP contribution in [0.15, 0.2) is 60.7 Å². The molecule has 1 heterocycles. The molecule has 3 aromatic rings. The van der Waals surface area contributed by atoms with E-state index in [0.717, 1.165) is 23.8 Å². The van der Waals surface area contributed by atoms with Crippen molar-refractivity contribution in [3.05, 3.63) is 77.4 Å². The summed E-state index contributed by atoms with van der Waals surface area (Å²) in [6.07, 6.45) is 3.70. The SMILES string of the molecule is CCCC1(C(=O)O)CCC(c2ccc(N3C(=O)c4cccc5cccc(c45)C3=O)cc2)C1. The van der Waals surface area contributed by atoms with Gasteiger partial charge in [-0.2, -0.15) is 0 Å². The third kappa shape index (κ3) is 3.03. The minimum atomic E-state index is -0.698. The number of carbonyl (C=O) groups is 3. The van der Waals surface area contributed by atoms with Crippen LogP contribution in [0.2, 0.25) is 0 Å². The molecule has 2 atom stereocenters. The van der Waals surface area contributed by atoms with E-state index in [1.165, 1.54) is 4.90 Å². The largest absolute Gasteiger partial charge is 0.481 e. The number of carbonyl (C=O) groups excluding carboxylic acids is 2. The van der Waals surface area contributed by atoms with Crippen LogP contribution >= 0.6 is 0 Å². The van der Waals surface area contributed by atoms with Gasteiger partial charge in [-0.05, 0) is 66.8 Å². The van der Waals surface area contributed by atoms with E-state index in [1.54, 1.807) is 24.3 Å². The molecule has 1 fully saturated rings. The Kier molecular flexibility index (Phi) is 4.85. The van der Waals surface area contributed by atoms with Gasteiger partial charge in [0.15, 0.2) is 0 Å². The Morgan fingerprint density at radius 1 is 1.00 bits per heavy atom. The second-order valence-electron chi connectivity index (χ2n) is 9.02. The van der Waals surface area contributed by atoms with Crippen LogP contribution in [0.1, 0.15) is 71.2 Å². The molecule has 3 aromatic carbocycles. The van der Waals surface area contributed by atoms with Crippen molar-refractivity contribution in [3.63, 3.8) is 0 Å². The van der Waals surface area contributed by atoms with Crippen LogP contribution in [-0.4, -0.2) is 22.9 Å². The molecule has 1 N–H and O–H groups in total. The topological polar surface area (TPSA) is 74.7 Å². The van der Waals surface area contributed by atoms with Crippen LogP contribution in [0.4, 0.5) is 5.69 Å². The quantitative estimate of drug-likeness (QED) is 0.524. The lowest BCUT2D eigenvalue weighted by molar-refractivity contribution is -0.149. The van der Waals surface area contributed by atoms with Crippen molar-refractivity contribution in [1.82, 2.24) is 0 Å². The number of imide groups is 1. The molecule has 2 amide bonds. The summed E-state index contributed by atoms with van der Waals surface area (Å²) in [5, 5.41) is 11.4. The Bertz CT molecular complexity index is 1200. The number of rotatable bonds is 5. The normalized spacial score (nSPS) is 22.5. The first-order chi connectivity index (χ1) is 15.4. The van der Waals surface area contributed by atoms with Crippen LogP contribution < -0.4 is 4.90 Å².